The number of para-hydroxylation sites is 3. The number of anilines is 3. The summed E-state index contributed by atoms with van der Waals surface area (Å²) < 4.78 is 6.78. The first-order valence-corrected chi connectivity index (χ1v) is 18.6. The molecule has 1 aromatic heterocycles. The van der Waals surface area contributed by atoms with Gasteiger partial charge in [0.1, 0.15) is 11.2 Å². The Morgan fingerprint density at radius 1 is 0.604 bits per heavy atom. The zero-order valence-electron chi connectivity index (χ0n) is 29.4. The third-order valence-corrected chi connectivity index (χ3v) is 11.3. The van der Waals surface area contributed by atoms with Gasteiger partial charge in [0, 0.05) is 46.3 Å². The molecule has 0 radical (unpaired) electrons. The molecule has 3 aliphatic carbocycles. The van der Waals surface area contributed by atoms with Crippen LogP contribution in [-0.4, -0.2) is 0 Å². The molecule has 0 saturated heterocycles. The SMILES string of the molecule is C1#CC/C(C2(c3c(N(c4ccccc4)c4ccccc4-c4ccccc4)ccc4oc5ccccc5c34)c3ccccc3C3=CC=CCC32)=C\C=C/C1. The molecule has 1 heterocycles. The smallest absolute Gasteiger partial charge is 0.135 e. The number of nitrogens with zero attached hydrogens (tertiary/aromatic N) is 1. The van der Waals surface area contributed by atoms with Gasteiger partial charge in [-0.2, -0.15) is 0 Å². The van der Waals surface area contributed by atoms with Crippen molar-refractivity contribution >= 4 is 44.6 Å². The average Bonchev–Trinajstić information content (AvgIpc) is 3.73. The highest BCUT2D eigenvalue weighted by Gasteiger charge is 2.54. The monoisotopic (exact) mass is 679 g/mol. The van der Waals surface area contributed by atoms with E-state index in [1.54, 1.807) is 0 Å². The van der Waals surface area contributed by atoms with Crippen molar-refractivity contribution in [1.29, 1.82) is 0 Å². The Kier molecular flexibility index (Phi) is 7.59. The van der Waals surface area contributed by atoms with Gasteiger partial charge in [-0.3, -0.25) is 0 Å². The molecule has 2 unspecified atom stereocenters. The topological polar surface area (TPSA) is 16.4 Å². The first-order chi connectivity index (χ1) is 26.3. The molecule has 3 aliphatic rings. The van der Waals surface area contributed by atoms with E-state index in [9.17, 15) is 0 Å². The Hall–Kier alpha value is -6.56. The van der Waals surface area contributed by atoms with Gasteiger partial charge in [0.2, 0.25) is 0 Å². The summed E-state index contributed by atoms with van der Waals surface area (Å²) in [6, 6.07) is 52.6. The van der Waals surface area contributed by atoms with Crippen LogP contribution in [0, 0.1) is 17.8 Å². The molecule has 6 aromatic carbocycles. The lowest BCUT2D eigenvalue weighted by Gasteiger charge is -2.43. The molecule has 2 atom stereocenters. The van der Waals surface area contributed by atoms with Crippen molar-refractivity contribution in [1.82, 2.24) is 0 Å². The standard InChI is InChI=1S/C51H37NO/c1-2-8-22-37(23-9-3-1)51(43-30-16-12-27-40(43)41-28-13-17-31-44(41)51)50-46(34-35-48-49(50)42-29-15-19-33-47(42)53-48)52(38-24-10-5-11-25-38)45-32-18-14-26-39(45)36-20-6-4-7-21-36/h2,4-8,10-22,24-30,32-35,44H,1,23,31H2/b8-2-,37-22+. The van der Waals surface area contributed by atoms with Crippen LogP contribution in [0.2, 0.25) is 0 Å². The number of hydrogen-bond donors (Lipinski definition) is 0. The number of fused-ring (bicyclic) bond motifs is 6. The van der Waals surface area contributed by atoms with Crippen molar-refractivity contribution in [2.75, 3.05) is 4.90 Å². The van der Waals surface area contributed by atoms with Crippen LogP contribution in [0.5, 0.6) is 0 Å². The summed E-state index contributed by atoms with van der Waals surface area (Å²) in [4.78, 5) is 2.49. The van der Waals surface area contributed by atoms with Gasteiger partial charge in [0.05, 0.1) is 16.8 Å². The summed E-state index contributed by atoms with van der Waals surface area (Å²) in [6.45, 7) is 0. The van der Waals surface area contributed by atoms with Gasteiger partial charge in [-0.05, 0) is 70.7 Å². The fourth-order valence-corrected chi connectivity index (χ4v) is 9.23. The van der Waals surface area contributed by atoms with Crippen LogP contribution in [0.1, 0.15) is 36.0 Å². The van der Waals surface area contributed by atoms with Gasteiger partial charge in [-0.15, -0.1) is 0 Å². The van der Waals surface area contributed by atoms with Crippen LogP contribution in [-0.2, 0) is 5.41 Å². The Morgan fingerprint density at radius 3 is 2.23 bits per heavy atom. The Labute approximate surface area is 310 Å². The van der Waals surface area contributed by atoms with Crippen molar-refractivity contribution < 1.29 is 4.42 Å². The second-order valence-electron chi connectivity index (χ2n) is 14.0. The Balaban J connectivity index is 1.41. The third-order valence-electron chi connectivity index (χ3n) is 11.3. The summed E-state index contributed by atoms with van der Waals surface area (Å²) in [5.41, 5.74) is 13.5. The molecule has 53 heavy (non-hydrogen) atoms. The molecule has 0 fully saturated rings. The quantitative estimate of drug-likeness (QED) is 0.163. The molecular formula is C51H37NO. The molecule has 7 aromatic rings. The lowest BCUT2D eigenvalue weighted by molar-refractivity contribution is 0.472. The number of allylic oxidation sites excluding steroid dienone is 8. The van der Waals surface area contributed by atoms with Crippen molar-refractivity contribution in [3.8, 4) is 23.0 Å². The van der Waals surface area contributed by atoms with E-state index >= 15 is 0 Å². The van der Waals surface area contributed by atoms with E-state index in [-0.39, 0.29) is 5.92 Å². The second kappa shape index (κ2) is 12.9. The predicted octanol–water partition coefficient (Wildman–Crippen LogP) is 13.3. The van der Waals surface area contributed by atoms with E-state index in [1.807, 2.05) is 0 Å². The maximum absolute atomic E-state index is 6.78. The average molecular weight is 680 g/mol. The summed E-state index contributed by atoms with van der Waals surface area (Å²) >= 11 is 0. The Morgan fingerprint density at radius 2 is 1.34 bits per heavy atom. The summed E-state index contributed by atoms with van der Waals surface area (Å²) in [5.74, 6) is 7.20. The minimum Gasteiger partial charge on any atom is -0.456 e. The molecular weight excluding hydrogens is 643 g/mol. The van der Waals surface area contributed by atoms with Crippen LogP contribution in [0.3, 0.4) is 0 Å². The zero-order chi connectivity index (χ0) is 35.2. The van der Waals surface area contributed by atoms with E-state index in [0.29, 0.717) is 6.42 Å². The maximum atomic E-state index is 6.78. The van der Waals surface area contributed by atoms with E-state index in [2.05, 4.69) is 199 Å². The van der Waals surface area contributed by atoms with E-state index < -0.39 is 5.41 Å². The van der Waals surface area contributed by atoms with Crippen molar-refractivity contribution in [2.45, 2.75) is 24.7 Å². The molecule has 10 rings (SSSR count). The number of hydrogen-bond acceptors (Lipinski definition) is 2. The van der Waals surface area contributed by atoms with Gasteiger partial charge in [-0.25, -0.2) is 0 Å². The molecule has 2 nitrogen and oxygen atoms in total. The predicted molar refractivity (Wildman–Crippen MR) is 221 cm³/mol. The first kappa shape index (κ1) is 31.2. The number of rotatable bonds is 6. The molecule has 0 saturated carbocycles. The molecule has 0 aliphatic heterocycles. The highest BCUT2D eigenvalue weighted by molar-refractivity contribution is 6.11. The summed E-state index contributed by atoms with van der Waals surface area (Å²) in [7, 11) is 0. The molecule has 0 bridgehead atoms. The Bertz CT molecular complexity index is 2710. The highest BCUT2D eigenvalue weighted by Crippen LogP contribution is 2.64. The molecule has 0 spiro atoms. The summed E-state index contributed by atoms with van der Waals surface area (Å²) in [5, 5.41) is 2.28. The fourth-order valence-electron chi connectivity index (χ4n) is 9.23. The van der Waals surface area contributed by atoms with Gasteiger partial charge >= 0.3 is 0 Å². The fraction of sp³-hybridized carbons (Fsp3) is 0.0980. The normalized spacial score (nSPS) is 20.3. The van der Waals surface area contributed by atoms with Gasteiger partial charge in [0.25, 0.3) is 0 Å². The van der Waals surface area contributed by atoms with Crippen LogP contribution < -0.4 is 4.90 Å². The molecule has 0 N–H and O–H groups in total. The van der Waals surface area contributed by atoms with Gasteiger partial charge in [-0.1, -0.05) is 157 Å². The van der Waals surface area contributed by atoms with Crippen molar-refractivity contribution in [3.05, 3.63) is 204 Å². The van der Waals surface area contributed by atoms with E-state index in [4.69, 9.17) is 4.42 Å². The van der Waals surface area contributed by atoms with Crippen LogP contribution in [0.4, 0.5) is 17.1 Å². The molecule has 252 valence electrons. The minimum absolute atomic E-state index is 0.144. The number of benzene rings is 6. The van der Waals surface area contributed by atoms with Crippen LogP contribution in [0.25, 0.3) is 38.6 Å². The third kappa shape index (κ3) is 4.89. The molecule has 0 amide bonds. The van der Waals surface area contributed by atoms with Gasteiger partial charge in [0.15, 0.2) is 0 Å². The minimum atomic E-state index is -0.570. The van der Waals surface area contributed by atoms with Crippen molar-refractivity contribution in [3.63, 3.8) is 0 Å². The van der Waals surface area contributed by atoms with Gasteiger partial charge < -0.3 is 9.32 Å². The molecule has 2 heteroatoms. The largest absolute Gasteiger partial charge is 0.456 e. The van der Waals surface area contributed by atoms with E-state index in [0.717, 1.165) is 51.8 Å². The zero-order valence-corrected chi connectivity index (χ0v) is 29.4. The van der Waals surface area contributed by atoms with Crippen molar-refractivity contribution in [2.24, 2.45) is 5.92 Å². The summed E-state index contributed by atoms with van der Waals surface area (Å²) in [6.07, 6.45) is 16.1. The maximum Gasteiger partial charge on any atom is 0.135 e. The van der Waals surface area contributed by atoms with Crippen LogP contribution >= 0.6 is 0 Å². The van der Waals surface area contributed by atoms with Crippen LogP contribution in [0.15, 0.2) is 192 Å². The first-order valence-electron chi connectivity index (χ1n) is 18.6. The van der Waals surface area contributed by atoms with E-state index in [1.165, 1.54) is 39.0 Å². The lowest BCUT2D eigenvalue weighted by Crippen LogP contribution is -2.37. The number of furan rings is 1. The lowest BCUT2D eigenvalue weighted by atomic mass is 9.60. The second-order valence-corrected chi connectivity index (χ2v) is 14.0. The highest BCUT2D eigenvalue weighted by atomic mass is 16.3.